The number of fused-ring (bicyclic) bond motifs is 1. The van der Waals surface area contributed by atoms with Gasteiger partial charge in [0.05, 0.1) is 11.4 Å². The molecule has 4 N–H and O–H groups in total. The summed E-state index contributed by atoms with van der Waals surface area (Å²) in [6, 6.07) is 2.32. The molecule has 0 aromatic carbocycles. The van der Waals surface area contributed by atoms with E-state index in [2.05, 4.69) is 9.71 Å². The van der Waals surface area contributed by atoms with Crippen molar-refractivity contribution in [1.29, 1.82) is 0 Å². The fraction of sp³-hybridized carbons (Fsp3) is 0.500. The van der Waals surface area contributed by atoms with Crippen LogP contribution in [0, 0.1) is 0 Å². The van der Waals surface area contributed by atoms with Crippen molar-refractivity contribution in [2.24, 2.45) is 5.73 Å². The van der Waals surface area contributed by atoms with Gasteiger partial charge in [-0.3, -0.25) is 14.1 Å². The van der Waals surface area contributed by atoms with E-state index in [-0.39, 0.29) is 13.0 Å². The van der Waals surface area contributed by atoms with Crippen LogP contribution in [0.25, 0.3) is 0 Å². The molecule has 0 saturated heterocycles. The number of carboxylic acids is 1. The monoisotopic (exact) mass is 314 g/mol. The Bertz CT molecular complexity index is 619. The average molecular weight is 314 g/mol. The lowest BCUT2D eigenvalue weighted by molar-refractivity contribution is -0.138. The van der Waals surface area contributed by atoms with E-state index in [1.165, 1.54) is 4.31 Å². The highest BCUT2D eigenvalue weighted by Crippen LogP contribution is 2.26. The zero-order chi connectivity index (χ0) is 15.5. The molecule has 116 valence electrons. The van der Waals surface area contributed by atoms with Gasteiger partial charge in [0.2, 0.25) is 0 Å². The molecule has 0 fully saturated rings. The quantitative estimate of drug-likeness (QED) is 0.648. The maximum atomic E-state index is 12.3. The number of aliphatic carboxylic acids is 1. The van der Waals surface area contributed by atoms with E-state index in [0.717, 1.165) is 12.1 Å². The molecule has 0 aliphatic carbocycles. The van der Waals surface area contributed by atoms with Crippen LogP contribution < -0.4 is 14.8 Å². The van der Waals surface area contributed by atoms with Gasteiger partial charge in [-0.2, -0.15) is 13.1 Å². The van der Waals surface area contributed by atoms with Crippen LogP contribution in [0.4, 0.5) is 5.69 Å². The van der Waals surface area contributed by atoms with Crippen LogP contribution in [0.1, 0.15) is 18.5 Å². The molecule has 1 aliphatic heterocycles. The molecule has 0 spiro atoms. The van der Waals surface area contributed by atoms with Gasteiger partial charge >= 0.3 is 16.2 Å². The third kappa shape index (κ3) is 3.69. The number of nitrogens with zero attached hydrogens (tertiary/aromatic N) is 2. The van der Waals surface area contributed by atoms with E-state index in [9.17, 15) is 13.2 Å². The van der Waals surface area contributed by atoms with Crippen molar-refractivity contribution in [2.45, 2.75) is 25.3 Å². The number of anilines is 1. The van der Waals surface area contributed by atoms with Crippen molar-refractivity contribution in [1.82, 2.24) is 9.71 Å². The van der Waals surface area contributed by atoms with E-state index in [1.807, 2.05) is 0 Å². The molecule has 0 saturated carbocycles. The van der Waals surface area contributed by atoms with E-state index in [1.54, 1.807) is 18.3 Å². The highest BCUT2D eigenvalue weighted by atomic mass is 32.2. The van der Waals surface area contributed by atoms with Crippen molar-refractivity contribution < 1.29 is 18.3 Å². The van der Waals surface area contributed by atoms with Crippen LogP contribution in [0.5, 0.6) is 0 Å². The lowest BCUT2D eigenvalue weighted by atomic mass is 10.1. The average Bonchev–Trinajstić information content (AvgIpc) is 2.46. The van der Waals surface area contributed by atoms with Crippen LogP contribution in [0.15, 0.2) is 18.3 Å². The summed E-state index contributed by atoms with van der Waals surface area (Å²) in [6.07, 6.45) is 3.10. The van der Waals surface area contributed by atoms with Gasteiger partial charge in [0.15, 0.2) is 0 Å². The molecule has 21 heavy (non-hydrogen) atoms. The number of rotatable bonds is 6. The smallest absolute Gasteiger partial charge is 0.320 e. The molecule has 0 bridgehead atoms. The number of hydrogen-bond donors (Lipinski definition) is 3. The molecular weight excluding hydrogens is 296 g/mol. The van der Waals surface area contributed by atoms with E-state index in [4.69, 9.17) is 10.8 Å². The number of nitrogens with one attached hydrogen (secondary N) is 1. The van der Waals surface area contributed by atoms with Crippen molar-refractivity contribution in [3.05, 3.63) is 24.0 Å². The SMILES string of the molecule is N[C@@H](CCNS(=O)(=O)N1CCCc2ncccc21)C(=O)O. The number of carboxylic acid groups (broad SMARTS) is 1. The minimum Gasteiger partial charge on any atom is -0.480 e. The molecule has 0 unspecified atom stereocenters. The molecule has 1 atom stereocenters. The number of aromatic nitrogens is 1. The predicted octanol–water partition coefficient (Wildman–Crippen LogP) is -0.529. The van der Waals surface area contributed by atoms with Crippen molar-refractivity contribution in [2.75, 3.05) is 17.4 Å². The predicted molar refractivity (Wildman–Crippen MR) is 77.1 cm³/mol. The van der Waals surface area contributed by atoms with Crippen molar-refractivity contribution in [3.63, 3.8) is 0 Å². The largest absolute Gasteiger partial charge is 0.480 e. The Kier molecular flexibility index (Phi) is 4.76. The Morgan fingerprint density at radius 3 is 3.05 bits per heavy atom. The number of nitrogens with two attached hydrogens (primary N) is 1. The van der Waals surface area contributed by atoms with Crippen LogP contribution in [0.2, 0.25) is 0 Å². The van der Waals surface area contributed by atoms with Gasteiger partial charge in [0.1, 0.15) is 6.04 Å². The number of carbonyl (C=O) groups is 1. The maximum Gasteiger partial charge on any atom is 0.320 e. The summed E-state index contributed by atoms with van der Waals surface area (Å²) in [5.74, 6) is -1.15. The lowest BCUT2D eigenvalue weighted by Crippen LogP contribution is -2.45. The number of hydrogen-bond acceptors (Lipinski definition) is 5. The maximum absolute atomic E-state index is 12.3. The first kappa shape index (κ1) is 15.7. The third-order valence-electron chi connectivity index (χ3n) is 3.26. The van der Waals surface area contributed by atoms with E-state index in [0.29, 0.717) is 18.7 Å². The number of aryl methyl sites for hydroxylation is 1. The fourth-order valence-corrected chi connectivity index (χ4v) is 3.48. The minimum atomic E-state index is -3.72. The van der Waals surface area contributed by atoms with Crippen LogP contribution in [-0.2, 0) is 21.4 Å². The molecule has 9 heteroatoms. The molecule has 0 radical (unpaired) electrons. The van der Waals surface area contributed by atoms with Gasteiger partial charge in [-0.1, -0.05) is 0 Å². The van der Waals surface area contributed by atoms with Crippen molar-refractivity contribution >= 4 is 21.9 Å². The molecule has 2 rings (SSSR count). The van der Waals surface area contributed by atoms with Crippen molar-refractivity contribution in [3.8, 4) is 0 Å². The van der Waals surface area contributed by atoms with Gasteiger partial charge in [-0.25, -0.2) is 0 Å². The standard InChI is InChI=1S/C12H18N4O4S/c13-9(12(17)18)5-7-15-21(19,20)16-8-2-3-10-11(16)4-1-6-14-10/h1,4,6,9,15H,2-3,5,7-8,13H2,(H,17,18)/t9-/m0/s1. The first-order valence-corrected chi connectivity index (χ1v) is 8.05. The molecule has 1 aromatic heterocycles. The fourth-order valence-electron chi connectivity index (χ4n) is 2.15. The van der Waals surface area contributed by atoms with Gasteiger partial charge in [0.25, 0.3) is 0 Å². The van der Waals surface area contributed by atoms with Gasteiger partial charge in [0, 0.05) is 19.3 Å². The summed E-state index contributed by atoms with van der Waals surface area (Å²) in [5.41, 5.74) is 6.66. The molecular formula is C12H18N4O4S. The summed E-state index contributed by atoms with van der Waals surface area (Å²) in [4.78, 5) is 14.8. The summed E-state index contributed by atoms with van der Waals surface area (Å²) in [6.45, 7) is 0.348. The minimum absolute atomic E-state index is 0.0259. The van der Waals surface area contributed by atoms with Gasteiger partial charge in [-0.05, 0) is 31.4 Å². The molecule has 8 nitrogen and oxygen atoms in total. The summed E-state index contributed by atoms with van der Waals surface area (Å²) >= 11 is 0. The highest BCUT2D eigenvalue weighted by molar-refractivity contribution is 7.90. The summed E-state index contributed by atoms with van der Waals surface area (Å²) in [5, 5.41) is 8.67. The van der Waals surface area contributed by atoms with Gasteiger partial charge < -0.3 is 10.8 Å². The van der Waals surface area contributed by atoms with Crippen LogP contribution in [0.3, 0.4) is 0 Å². The second kappa shape index (κ2) is 6.37. The van der Waals surface area contributed by atoms with E-state index >= 15 is 0 Å². The first-order valence-electron chi connectivity index (χ1n) is 6.61. The highest BCUT2D eigenvalue weighted by Gasteiger charge is 2.27. The third-order valence-corrected chi connectivity index (χ3v) is 4.79. The molecule has 1 aliphatic rings. The Morgan fingerprint density at radius 2 is 2.33 bits per heavy atom. The first-order chi connectivity index (χ1) is 9.92. The zero-order valence-corrected chi connectivity index (χ0v) is 12.2. The van der Waals surface area contributed by atoms with Crippen LogP contribution >= 0.6 is 0 Å². The van der Waals surface area contributed by atoms with Crippen LogP contribution in [-0.4, -0.2) is 43.6 Å². The molecule has 1 aromatic rings. The number of pyridine rings is 1. The van der Waals surface area contributed by atoms with Gasteiger partial charge in [-0.15, -0.1) is 0 Å². The Labute approximate surface area is 123 Å². The summed E-state index contributed by atoms with van der Waals surface area (Å²) in [7, 11) is -3.72. The zero-order valence-electron chi connectivity index (χ0n) is 11.4. The molecule has 0 amide bonds. The Morgan fingerprint density at radius 1 is 1.57 bits per heavy atom. The second-order valence-corrected chi connectivity index (χ2v) is 6.46. The Hall–Kier alpha value is -1.71. The summed E-state index contributed by atoms with van der Waals surface area (Å²) < 4.78 is 28.2. The second-order valence-electron chi connectivity index (χ2n) is 4.78. The van der Waals surface area contributed by atoms with E-state index < -0.39 is 22.2 Å². The lowest BCUT2D eigenvalue weighted by Gasteiger charge is -2.29. The topological polar surface area (TPSA) is 126 Å². The Balaban J connectivity index is 2.05. The normalized spacial score (nSPS) is 16.3. The molecule has 2 heterocycles.